The van der Waals surface area contributed by atoms with Crippen molar-refractivity contribution in [1.29, 1.82) is 0 Å². The van der Waals surface area contributed by atoms with Gasteiger partial charge in [0.2, 0.25) is 11.8 Å². The molecule has 1 saturated heterocycles. The van der Waals surface area contributed by atoms with E-state index in [1.807, 2.05) is 0 Å². The van der Waals surface area contributed by atoms with E-state index in [1.165, 1.54) is 4.90 Å². The molecule has 0 aromatic heterocycles. The summed E-state index contributed by atoms with van der Waals surface area (Å²) in [6, 6.07) is 7.01. The van der Waals surface area contributed by atoms with Gasteiger partial charge in [-0.3, -0.25) is 14.5 Å². The molecule has 6 heteroatoms. The minimum Gasteiger partial charge on any atom is -0.497 e. The van der Waals surface area contributed by atoms with E-state index in [-0.39, 0.29) is 31.4 Å². The van der Waals surface area contributed by atoms with E-state index >= 15 is 0 Å². The number of likely N-dealkylation sites (tertiary alicyclic amines) is 1. The van der Waals surface area contributed by atoms with Gasteiger partial charge in [-0.25, -0.2) is 0 Å². The summed E-state index contributed by atoms with van der Waals surface area (Å²) in [6.07, 6.45) is 2.94. The van der Waals surface area contributed by atoms with Crippen molar-refractivity contribution in [1.82, 2.24) is 4.90 Å². The number of carbonyl (C=O) groups is 2. The zero-order valence-corrected chi connectivity index (χ0v) is 13.9. The first kappa shape index (κ1) is 16.8. The van der Waals surface area contributed by atoms with Gasteiger partial charge in [0.25, 0.3) is 0 Å². The Hall–Kier alpha value is -2.08. The van der Waals surface area contributed by atoms with Crippen LogP contribution in [0, 0.1) is 5.41 Å². The Bertz CT molecular complexity index is 606. The molecule has 1 spiro atoms. The number of hydrogen-bond donors (Lipinski definition) is 1. The van der Waals surface area contributed by atoms with Crippen LogP contribution < -0.4 is 9.47 Å². The van der Waals surface area contributed by atoms with Gasteiger partial charge in [0.15, 0.2) is 0 Å². The molecule has 1 saturated carbocycles. The monoisotopic (exact) mass is 333 g/mol. The average molecular weight is 333 g/mol. The van der Waals surface area contributed by atoms with Crippen LogP contribution in [0.5, 0.6) is 11.5 Å². The van der Waals surface area contributed by atoms with Crippen molar-refractivity contribution in [2.75, 3.05) is 20.3 Å². The van der Waals surface area contributed by atoms with E-state index in [9.17, 15) is 14.7 Å². The lowest BCUT2D eigenvalue weighted by Crippen LogP contribution is -2.41. The fourth-order valence-corrected chi connectivity index (χ4v) is 3.62. The van der Waals surface area contributed by atoms with Crippen molar-refractivity contribution in [3.63, 3.8) is 0 Å². The predicted octanol–water partition coefficient (Wildman–Crippen LogP) is 1.75. The van der Waals surface area contributed by atoms with Crippen LogP contribution in [-0.2, 0) is 9.59 Å². The highest BCUT2D eigenvalue weighted by Crippen LogP contribution is 2.46. The highest BCUT2D eigenvalue weighted by Gasteiger charge is 2.52. The molecular formula is C18H23NO5. The van der Waals surface area contributed by atoms with E-state index < -0.39 is 11.5 Å². The molecule has 2 amide bonds. The second kappa shape index (κ2) is 6.81. The van der Waals surface area contributed by atoms with E-state index in [2.05, 4.69) is 0 Å². The van der Waals surface area contributed by atoms with E-state index in [1.54, 1.807) is 31.4 Å². The predicted molar refractivity (Wildman–Crippen MR) is 86.7 cm³/mol. The molecule has 1 aromatic rings. The fraction of sp³-hybridized carbons (Fsp3) is 0.556. The summed E-state index contributed by atoms with van der Waals surface area (Å²) in [4.78, 5) is 25.9. The van der Waals surface area contributed by atoms with Crippen molar-refractivity contribution in [3.05, 3.63) is 24.3 Å². The van der Waals surface area contributed by atoms with Crippen molar-refractivity contribution in [2.24, 2.45) is 5.41 Å². The third kappa shape index (κ3) is 3.24. The Kier molecular flexibility index (Phi) is 4.76. The first-order valence-corrected chi connectivity index (χ1v) is 8.34. The van der Waals surface area contributed by atoms with Gasteiger partial charge >= 0.3 is 0 Å². The number of aliphatic hydroxyl groups excluding tert-OH is 1. The Morgan fingerprint density at radius 1 is 1.17 bits per heavy atom. The van der Waals surface area contributed by atoms with Gasteiger partial charge < -0.3 is 14.6 Å². The van der Waals surface area contributed by atoms with Crippen LogP contribution >= 0.6 is 0 Å². The number of nitrogens with zero attached hydrogens (tertiary/aromatic N) is 1. The van der Waals surface area contributed by atoms with Gasteiger partial charge in [-0.05, 0) is 37.1 Å². The molecule has 130 valence electrons. The van der Waals surface area contributed by atoms with Gasteiger partial charge in [-0.1, -0.05) is 12.8 Å². The second-order valence-electron chi connectivity index (χ2n) is 6.61. The van der Waals surface area contributed by atoms with Crippen LogP contribution in [-0.4, -0.2) is 48.2 Å². The molecule has 2 aliphatic rings. The van der Waals surface area contributed by atoms with Crippen molar-refractivity contribution in [3.8, 4) is 11.5 Å². The van der Waals surface area contributed by atoms with E-state index in [4.69, 9.17) is 9.47 Å². The number of hydrogen-bond acceptors (Lipinski definition) is 5. The Balaban J connectivity index is 1.53. The molecule has 1 unspecified atom stereocenters. The number of β-amino-alcohol motifs (C(OH)–C–C–N with tert-alkyl or cyclic N) is 1. The summed E-state index contributed by atoms with van der Waals surface area (Å²) in [5, 5.41) is 10.1. The summed E-state index contributed by atoms with van der Waals surface area (Å²) in [5.41, 5.74) is -0.492. The van der Waals surface area contributed by atoms with Crippen LogP contribution in [0.1, 0.15) is 32.1 Å². The molecule has 0 radical (unpaired) electrons. The molecule has 1 aliphatic heterocycles. The summed E-state index contributed by atoms with van der Waals surface area (Å²) in [7, 11) is 1.58. The van der Waals surface area contributed by atoms with E-state index in [0.29, 0.717) is 5.75 Å². The molecule has 0 bridgehead atoms. The average Bonchev–Trinajstić information content (AvgIpc) is 3.14. The molecule has 3 rings (SSSR count). The minimum absolute atomic E-state index is 0.00439. The fourth-order valence-electron chi connectivity index (χ4n) is 3.62. The Morgan fingerprint density at radius 3 is 2.42 bits per heavy atom. The number of aliphatic hydroxyl groups is 1. The highest BCUT2D eigenvalue weighted by atomic mass is 16.5. The normalized spacial score (nSPS) is 20.7. The van der Waals surface area contributed by atoms with Gasteiger partial charge in [0.05, 0.1) is 19.1 Å². The van der Waals surface area contributed by atoms with E-state index in [0.717, 1.165) is 31.4 Å². The maximum Gasteiger partial charge on any atom is 0.235 e. The van der Waals surface area contributed by atoms with Crippen molar-refractivity contribution in [2.45, 2.75) is 38.2 Å². The number of amides is 2. The van der Waals surface area contributed by atoms with Crippen LogP contribution in [0.4, 0.5) is 0 Å². The van der Waals surface area contributed by atoms with Gasteiger partial charge in [0, 0.05) is 6.42 Å². The third-order valence-electron chi connectivity index (χ3n) is 4.95. The SMILES string of the molecule is COc1ccc(OCC(O)CN2C(=O)CC3(CCCC3)C2=O)cc1. The quantitative estimate of drug-likeness (QED) is 0.803. The molecule has 1 atom stereocenters. The molecule has 24 heavy (non-hydrogen) atoms. The second-order valence-corrected chi connectivity index (χ2v) is 6.61. The number of carbonyl (C=O) groups excluding carboxylic acids is 2. The molecule has 2 fully saturated rings. The molecule has 1 N–H and O–H groups in total. The highest BCUT2D eigenvalue weighted by molar-refractivity contribution is 6.06. The van der Waals surface area contributed by atoms with Crippen molar-refractivity contribution >= 4 is 11.8 Å². The van der Waals surface area contributed by atoms with Crippen LogP contribution in [0.2, 0.25) is 0 Å². The Labute approximate surface area is 141 Å². The van der Waals surface area contributed by atoms with Crippen molar-refractivity contribution < 1.29 is 24.2 Å². The maximum atomic E-state index is 12.6. The summed E-state index contributed by atoms with van der Waals surface area (Å²) >= 11 is 0. The smallest absolute Gasteiger partial charge is 0.235 e. The number of methoxy groups -OCH3 is 1. The van der Waals surface area contributed by atoms with Crippen LogP contribution in [0.3, 0.4) is 0 Å². The zero-order chi connectivity index (χ0) is 17.2. The molecular weight excluding hydrogens is 310 g/mol. The lowest BCUT2D eigenvalue weighted by molar-refractivity contribution is -0.143. The summed E-state index contributed by atoms with van der Waals surface area (Å²) in [6.45, 7) is 0.0198. The molecule has 1 heterocycles. The minimum atomic E-state index is -0.906. The molecule has 6 nitrogen and oxygen atoms in total. The zero-order valence-electron chi connectivity index (χ0n) is 13.9. The summed E-state index contributed by atoms with van der Waals surface area (Å²) in [5.74, 6) is 1.03. The first-order valence-electron chi connectivity index (χ1n) is 8.34. The number of benzene rings is 1. The number of ether oxygens (including phenoxy) is 2. The standard InChI is InChI=1S/C18H23NO5/c1-23-14-4-6-15(7-5-14)24-12-13(20)11-19-16(21)10-18(17(19)22)8-2-3-9-18/h4-7,13,20H,2-3,8-12H2,1H3. The van der Waals surface area contributed by atoms with Gasteiger partial charge in [0.1, 0.15) is 24.2 Å². The first-order chi connectivity index (χ1) is 11.5. The van der Waals surface area contributed by atoms with Gasteiger partial charge in [-0.2, -0.15) is 0 Å². The Morgan fingerprint density at radius 2 is 1.79 bits per heavy atom. The number of imide groups is 1. The maximum absolute atomic E-state index is 12.6. The topological polar surface area (TPSA) is 76.1 Å². The third-order valence-corrected chi connectivity index (χ3v) is 4.95. The lowest BCUT2D eigenvalue weighted by atomic mass is 9.84. The largest absolute Gasteiger partial charge is 0.497 e. The van der Waals surface area contributed by atoms with Gasteiger partial charge in [-0.15, -0.1) is 0 Å². The number of rotatable bonds is 6. The molecule has 1 aliphatic carbocycles. The lowest BCUT2D eigenvalue weighted by Gasteiger charge is -2.23. The summed E-state index contributed by atoms with van der Waals surface area (Å²) < 4.78 is 10.6. The van der Waals surface area contributed by atoms with Crippen LogP contribution in [0.15, 0.2) is 24.3 Å². The van der Waals surface area contributed by atoms with Crippen LogP contribution in [0.25, 0.3) is 0 Å². The molecule has 1 aromatic carbocycles.